The Morgan fingerprint density at radius 3 is 2.39 bits per heavy atom. The van der Waals surface area contributed by atoms with E-state index < -0.39 is 0 Å². The molecule has 1 amide bonds. The van der Waals surface area contributed by atoms with Crippen LogP contribution in [0.2, 0.25) is 0 Å². The van der Waals surface area contributed by atoms with Gasteiger partial charge in [0.1, 0.15) is 10.8 Å². The molecule has 0 aliphatic heterocycles. The number of hydrogen-bond donors (Lipinski definition) is 1. The average molecular weight is 516 g/mol. The van der Waals surface area contributed by atoms with Gasteiger partial charge >= 0.3 is 0 Å². The molecular formula is C32H25N3O2S. The highest BCUT2D eigenvalue weighted by Gasteiger charge is 2.15. The fourth-order valence-corrected chi connectivity index (χ4v) is 5.52. The molecule has 38 heavy (non-hydrogen) atoms. The van der Waals surface area contributed by atoms with Gasteiger partial charge in [0.25, 0.3) is 5.91 Å². The molecular weight excluding hydrogens is 490 g/mol. The molecule has 0 aliphatic rings. The Morgan fingerprint density at radius 2 is 1.61 bits per heavy atom. The summed E-state index contributed by atoms with van der Waals surface area (Å²) in [5.74, 6) is 0.624. The standard InChI is InChI=1S/C32H25N3O2S/c1-3-37-24-15-11-21(12-16-24)29-19-26(25-6-4-5-7-27(25)34-29)31(36)33-23-13-9-22(10-14-23)32-35-28-17-8-20(2)18-30(28)38-32/h4-19H,3H2,1-2H3,(H,33,36). The number of benzene rings is 4. The van der Waals surface area contributed by atoms with Crippen LogP contribution in [-0.2, 0) is 0 Å². The van der Waals surface area contributed by atoms with Crippen molar-refractivity contribution in [2.24, 2.45) is 0 Å². The van der Waals surface area contributed by atoms with Crippen molar-refractivity contribution in [3.63, 3.8) is 0 Å². The number of thiazole rings is 1. The molecule has 0 bridgehead atoms. The Hall–Kier alpha value is -4.55. The number of aromatic nitrogens is 2. The Bertz CT molecular complexity index is 1770. The zero-order valence-electron chi connectivity index (χ0n) is 21.1. The maximum Gasteiger partial charge on any atom is 0.256 e. The quantitative estimate of drug-likeness (QED) is 0.243. The first-order valence-corrected chi connectivity index (χ1v) is 13.3. The number of carbonyl (C=O) groups excluding carboxylic acids is 1. The molecule has 186 valence electrons. The molecule has 0 saturated carbocycles. The molecule has 2 aromatic heterocycles. The minimum atomic E-state index is -0.181. The minimum absolute atomic E-state index is 0.181. The normalized spacial score (nSPS) is 11.1. The Morgan fingerprint density at radius 1 is 0.842 bits per heavy atom. The van der Waals surface area contributed by atoms with Gasteiger partial charge in [0.2, 0.25) is 0 Å². The summed E-state index contributed by atoms with van der Waals surface area (Å²) in [6.07, 6.45) is 0. The van der Waals surface area contributed by atoms with E-state index in [0.717, 1.165) is 49.7 Å². The molecule has 6 aromatic rings. The number of fused-ring (bicyclic) bond motifs is 2. The number of nitrogens with one attached hydrogen (secondary N) is 1. The molecule has 2 heterocycles. The van der Waals surface area contributed by atoms with Gasteiger partial charge in [-0.3, -0.25) is 4.79 Å². The molecule has 0 saturated heterocycles. The van der Waals surface area contributed by atoms with Crippen molar-refractivity contribution in [1.82, 2.24) is 9.97 Å². The summed E-state index contributed by atoms with van der Waals surface area (Å²) >= 11 is 1.67. The van der Waals surface area contributed by atoms with E-state index in [9.17, 15) is 4.79 Å². The predicted molar refractivity (Wildman–Crippen MR) is 156 cm³/mol. The molecule has 1 N–H and O–H groups in total. The third kappa shape index (κ3) is 4.74. The number of para-hydroxylation sites is 1. The number of carbonyl (C=O) groups is 1. The van der Waals surface area contributed by atoms with Gasteiger partial charge in [0.05, 0.1) is 33.6 Å². The molecule has 0 unspecified atom stereocenters. The zero-order chi connectivity index (χ0) is 26.1. The summed E-state index contributed by atoms with van der Waals surface area (Å²) in [4.78, 5) is 23.1. The summed E-state index contributed by atoms with van der Waals surface area (Å²) in [6, 6.07) is 31.5. The van der Waals surface area contributed by atoms with Gasteiger partial charge in [0, 0.05) is 22.2 Å². The van der Waals surface area contributed by atoms with E-state index in [1.165, 1.54) is 10.3 Å². The van der Waals surface area contributed by atoms with Crippen LogP contribution in [-0.4, -0.2) is 22.5 Å². The number of pyridine rings is 1. The van der Waals surface area contributed by atoms with Crippen LogP contribution in [0, 0.1) is 6.92 Å². The summed E-state index contributed by atoms with van der Waals surface area (Å²) in [6.45, 7) is 4.65. The number of nitrogens with zero attached hydrogens (tertiary/aromatic N) is 2. The van der Waals surface area contributed by atoms with Crippen LogP contribution in [0.15, 0.2) is 97.1 Å². The van der Waals surface area contributed by atoms with Crippen LogP contribution < -0.4 is 10.1 Å². The van der Waals surface area contributed by atoms with Crippen LogP contribution >= 0.6 is 11.3 Å². The molecule has 4 aromatic carbocycles. The highest BCUT2D eigenvalue weighted by atomic mass is 32.1. The molecule has 0 aliphatic carbocycles. The maximum absolute atomic E-state index is 13.5. The summed E-state index contributed by atoms with van der Waals surface area (Å²) < 4.78 is 6.74. The Balaban J connectivity index is 1.28. The second-order valence-corrected chi connectivity index (χ2v) is 10.1. The number of hydrogen-bond acceptors (Lipinski definition) is 5. The van der Waals surface area contributed by atoms with E-state index in [4.69, 9.17) is 14.7 Å². The fraction of sp³-hybridized carbons (Fsp3) is 0.0938. The van der Waals surface area contributed by atoms with Gasteiger partial charge in [-0.15, -0.1) is 11.3 Å². The van der Waals surface area contributed by atoms with E-state index in [-0.39, 0.29) is 5.91 Å². The summed E-state index contributed by atoms with van der Waals surface area (Å²) in [5.41, 5.74) is 6.96. The summed E-state index contributed by atoms with van der Waals surface area (Å²) in [7, 11) is 0. The van der Waals surface area contributed by atoms with Gasteiger partial charge in [-0.25, -0.2) is 9.97 Å². The molecule has 5 nitrogen and oxygen atoms in total. The van der Waals surface area contributed by atoms with Gasteiger partial charge in [-0.2, -0.15) is 0 Å². The smallest absolute Gasteiger partial charge is 0.256 e. The molecule has 6 rings (SSSR count). The van der Waals surface area contributed by atoms with Gasteiger partial charge < -0.3 is 10.1 Å². The largest absolute Gasteiger partial charge is 0.494 e. The molecule has 0 atom stereocenters. The fourth-order valence-electron chi connectivity index (χ4n) is 4.45. The van der Waals surface area contributed by atoms with Crippen molar-refractivity contribution >= 4 is 44.1 Å². The second-order valence-electron chi connectivity index (χ2n) is 9.05. The number of aryl methyl sites for hydroxylation is 1. The van der Waals surface area contributed by atoms with E-state index >= 15 is 0 Å². The van der Waals surface area contributed by atoms with E-state index in [0.29, 0.717) is 12.2 Å². The number of anilines is 1. The predicted octanol–water partition coefficient (Wildman–Crippen LogP) is 8.14. The lowest BCUT2D eigenvalue weighted by Gasteiger charge is -2.11. The van der Waals surface area contributed by atoms with E-state index in [2.05, 4.69) is 30.4 Å². The number of rotatable bonds is 6. The Kier molecular flexibility index (Phi) is 6.32. The number of ether oxygens (including phenoxy) is 1. The van der Waals surface area contributed by atoms with Crippen molar-refractivity contribution in [3.8, 4) is 27.6 Å². The van der Waals surface area contributed by atoms with Crippen LogP contribution in [0.25, 0.3) is 42.9 Å². The van der Waals surface area contributed by atoms with Crippen molar-refractivity contribution in [1.29, 1.82) is 0 Å². The average Bonchev–Trinajstić information content (AvgIpc) is 3.36. The van der Waals surface area contributed by atoms with Crippen LogP contribution in [0.1, 0.15) is 22.8 Å². The van der Waals surface area contributed by atoms with Crippen molar-refractivity contribution in [3.05, 3.63) is 108 Å². The van der Waals surface area contributed by atoms with Crippen molar-refractivity contribution < 1.29 is 9.53 Å². The van der Waals surface area contributed by atoms with Gasteiger partial charge in [0.15, 0.2) is 0 Å². The molecule has 6 heteroatoms. The molecule has 0 fully saturated rings. The molecule has 0 radical (unpaired) electrons. The lowest BCUT2D eigenvalue weighted by Crippen LogP contribution is -2.13. The monoisotopic (exact) mass is 515 g/mol. The van der Waals surface area contributed by atoms with E-state index in [1.54, 1.807) is 11.3 Å². The second kappa shape index (κ2) is 10.1. The minimum Gasteiger partial charge on any atom is -0.494 e. The highest BCUT2D eigenvalue weighted by Crippen LogP contribution is 2.32. The van der Waals surface area contributed by atoms with Gasteiger partial charge in [-0.1, -0.05) is 24.3 Å². The topological polar surface area (TPSA) is 64.1 Å². The maximum atomic E-state index is 13.5. The summed E-state index contributed by atoms with van der Waals surface area (Å²) in [5, 5.41) is 4.83. The first kappa shape index (κ1) is 23.8. The number of amides is 1. The van der Waals surface area contributed by atoms with Crippen LogP contribution in [0.3, 0.4) is 0 Å². The third-order valence-electron chi connectivity index (χ3n) is 6.36. The zero-order valence-corrected chi connectivity index (χ0v) is 21.9. The Labute approximate surface area is 224 Å². The van der Waals surface area contributed by atoms with Crippen molar-refractivity contribution in [2.75, 3.05) is 11.9 Å². The van der Waals surface area contributed by atoms with Gasteiger partial charge in [-0.05, 0) is 92.2 Å². The first-order chi connectivity index (χ1) is 18.6. The highest BCUT2D eigenvalue weighted by molar-refractivity contribution is 7.21. The van der Waals surface area contributed by atoms with Crippen LogP contribution in [0.5, 0.6) is 5.75 Å². The lowest BCUT2D eigenvalue weighted by atomic mass is 10.0. The van der Waals surface area contributed by atoms with Crippen LogP contribution in [0.4, 0.5) is 5.69 Å². The van der Waals surface area contributed by atoms with E-state index in [1.807, 2.05) is 85.8 Å². The SMILES string of the molecule is CCOc1ccc(-c2cc(C(=O)Nc3ccc(-c4nc5ccc(C)cc5s4)cc3)c3ccccc3n2)cc1. The van der Waals surface area contributed by atoms with Crippen molar-refractivity contribution in [2.45, 2.75) is 13.8 Å². The molecule has 0 spiro atoms. The first-order valence-electron chi connectivity index (χ1n) is 12.5. The third-order valence-corrected chi connectivity index (χ3v) is 7.42. The lowest BCUT2D eigenvalue weighted by molar-refractivity contribution is 0.102.